The van der Waals surface area contributed by atoms with Gasteiger partial charge in [0.05, 0.1) is 18.1 Å². The van der Waals surface area contributed by atoms with Crippen LogP contribution in [-0.4, -0.2) is 28.1 Å². The molecule has 1 aliphatic heterocycles. The molecule has 26 heavy (non-hydrogen) atoms. The number of amides is 2. The standard InChI is InChI=1S/C21H18N2O3/c24-17-10-9-12-3-1-2-4-15(12)16(17)11-22-23-20(25)18-13-5-6-14(8-7-13)19(18)21(23)26/h1-6,9-11,13-14,18-19,24H,7-8H2/b22-11-. The zero-order valence-electron chi connectivity index (χ0n) is 14.1. The maximum atomic E-state index is 12.8. The number of allylic oxidation sites excluding steroid dienone is 2. The van der Waals surface area contributed by atoms with E-state index in [1.165, 1.54) is 6.21 Å². The zero-order chi connectivity index (χ0) is 17.8. The number of phenolic OH excluding ortho intramolecular Hbond substituents is 1. The van der Waals surface area contributed by atoms with Gasteiger partial charge in [-0.1, -0.05) is 42.5 Å². The van der Waals surface area contributed by atoms with Crippen molar-refractivity contribution in [2.75, 3.05) is 0 Å². The van der Waals surface area contributed by atoms with Crippen LogP contribution in [0.1, 0.15) is 18.4 Å². The van der Waals surface area contributed by atoms with E-state index in [4.69, 9.17) is 0 Å². The Kier molecular flexibility index (Phi) is 3.26. The highest BCUT2D eigenvalue weighted by Crippen LogP contribution is 2.49. The molecule has 1 N–H and O–H groups in total. The normalized spacial score (nSPS) is 29.9. The summed E-state index contributed by atoms with van der Waals surface area (Å²) in [7, 11) is 0. The average molecular weight is 346 g/mol. The molecule has 4 aliphatic rings. The molecule has 5 heteroatoms. The molecule has 130 valence electrons. The molecule has 2 aromatic rings. The number of hydrogen-bond acceptors (Lipinski definition) is 4. The summed E-state index contributed by atoms with van der Waals surface area (Å²) in [4.78, 5) is 25.6. The predicted octanol–water partition coefficient (Wildman–Crippen LogP) is 3.08. The molecule has 3 aliphatic carbocycles. The number of benzene rings is 2. The third-order valence-electron chi connectivity index (χ3n) is 5.99. The van der Waals surface area contributed by atoms with E-state index in [2.05, 4.69) is 17.3 Å². The lowest BCUT2D eigenvalue weighted by molar-refractivity contribution is -0.140. The van der Waals surface area contributed by atoms with Crippen LogP contribution in [0.25, 0.3) is 10.8 Å². The van der Waals surface area contributed by atoms with Crippen molar-refractivity contribution in [3.05, 3.63) is 54.1 Å². The Hall–Kier alpha value is -2.95. The minimum Gasteiger partial charge on any atom is -0.507 e. The Balaban J connectivity index is 1.52. The summed E-state index contributed by atoms with van der Waals surface area (Å²) in [5.41, 5.74) is 0.514. The largest absolute Gasteiger partial charge is 0.507 e. The van der Waals surface area contributed by atoms with E-state index < -0.39 is 0 Å². The summed E-state index contributed by atoms with van der Waals surface area (Å²) in [5, 5.41) is 17.2. The average Bonchev–Trinajstić information content (AvgIpc) is 2.95. The highest BCUT2D eigenvalue weighted by atomic mass is 16.3. The number of phenols is 1. The van der Waals surface area contributed by atoms with Gasteiger partial charge >= 0.3 is 0 Å². The van der Waals surface area contributed by atoms with Crippen LogP contribution in [0, 0.1) is 23.7 Å². The van der Waals surface area contributed by atoms with Crippen molar-refractivity contribution in [2.45, 2.75) is 12.8 Å². The van der Waals surface area contributed by atoms with Gasteiger partial charge in [0.2, 0.25) is 0 Å². The van der Waals surface area contributed by atoms with Crippen molar-refractivity contribution in [3.63, 3.8) is 0 Å². The molecule has 5 nitrogen and oxygen atoms in total. The third-order valence-corrected chi connectivity index (χ3v) is 5.99. The highest BCUT2D eigenvalue weighted by Gasteiger charge is 2.56. The molecule has 0 aromatic heterocycles. The van der Waals surface area contributed by atoms with Crippen LogP contribution in [0.15, 0.2) is 53.7 Å². The highest BCUT2D eigenvalue weighted by molar-refractivity contribution is 6.08. The van der Waals surface area contributed by atoms with E-state index in [0.29, 0.717) is 5.56 Å². The zero-order valence-corrected chi connectivity index (χ0v) is 14.1. The first-order valence-corrected chi connectivity index (χ1v) is 8.96. The Bertz CT molecular complexity index is 962. The van der Waals surface area contributed by atoms with Gasteiger partial charge in [0.25, 0.3) is 11.8 Å². The van der Waals surface area contributed by atoms with Crippen LogP contribution in [0.4, 0.5) is 0 Å². The molecular weight excluding hydrogens is 328 g/mol. The van der Waals surface area contributed by atoms with E-state index in [0.717, 1.165) is 28.6 Å². The molecule has 4 atom stereocenters. The summed E-state index contributed by atoms with van der Waals surface area (Å²) in [6.07, 6.45) is 7.53. The van der Waals surface area contributed by atoms with E-state index in [-0.39, 0.29) is 41.2 Å². The smallest absolute Gasteiger partial charge is 0.254 e. The molecule has 2 bridgehead atoms. The maximum Gasteiger partial charge on any atom is 0.254 e. The number of fused-ring (bicyclic) bond motifs is 2. The Morgan fingerprint density at radius 3 is 2.27 bits per heavy atom. The lowest BCUT2D eigenvalue weighted by Crippen LogP contribution is -2.38. The van der Waals surface area contributed by atoms with Crippen LogP contribution >= 0.6 is 0 Å². The Morgan fingerprint density at radius 1 is 0.962 bits per heavy atom. The fourth-order valence-electron chi connectivity index (χ4n) is 4.71. The van der Waals surface area contributed by atoms with Crippen molar-refractivity contribution in [1.29, 1.82) is 0 Å². The monoisotopic (exact) mass is 346 g/mol. The number of nitrogens with zero attached hydrogens (tertiary/aromatic N) is 2. The van der Waals surface area contributed by atoms with Crippen LogP contribution in [-0.2, 0) is 9.59 Å². The second-order valence-corrected chi connectivity index (χ2v) is 7.29. The van der Waals surface area contributed by atoms with Crippen molar-refractivity contribution in [3.8, 4) is 5.75 Å². The maximum absolute atomic E-state index is 12.8. The van der Waals surface area contributed by atoms with Gasteiger partial charge in [-0.2, -0.15) is 10.1 Å². The Morgan fingerprint density at radius 2 is 1.62 bits per heavy atom. The van der Waals surface area contributed by atoms with Gasteiger partial charge in [-0.15, -0.1) is 0 Å². The quantitative estimate of drug-likeness (QED) is 0.516. The Labute approximate surface area is 150 Å². The SMILES string of the molecule is O=C1C2C3C=CC(CC3)C2C(=O)N1/N=C\c1c(O)ccc2ccccc12. The number of aromatic hydroxyl groups is 1. The first-order valence-electron chi connectivity index (χ1n) is 8.96. The number of imide groups is 1. The first kappa shape index (κ1) is 15.3. The summed E-state index contributed by atoms with van der Waals surface area (Å²) >= 11 is 0. The predicted molar refractivity (Wildman–Crippen MR) is 97.4 cm³/mol. The van der Waals surface area contributed by atoms with E-state index in [1.807, 2.05) is 30.3 Å². The second kappa shape index (κ2) is 5.53. The first-order chi connectivity index (χ1) is 12.6. The lowest BCUT2D eigenvalue weighted by Gasteiger charge is -2.37. The van der Waals surface area contributed by atoms with E-state index in [1.54, 1.807) is 6.07 Å². The topological polar surface area (TPSA) is 70.0 Å². The van der Waals surface area contributed by atoms with Crippen LogP contribution in [0.5, 0.6) is 5.75 Å². The molecule has 2 fully saturated rings. The minimum atomic E-state index is -0.274. The van der Waals surface area contributed by atoms with Crippen molar-refractivity contribution in [2.24, 2.45) is 28.8 Å². The molecule has 1 saturated carbocycles. The van der Waals surface area contributed by atoms with Crippen molar-refractivity contribution < 1.29 is 14.7 Å². The van der Waals surface area contributed by atoms with Crippen LogP contribution in [0.2, 0.25) is 0 Å². The van der Waals surface area contributed by atoms with Gasteiger partial charge in [-0.25, -0.2) is 0 Å². The third kappa shape index (κ3) is 2.06. The fraction of sp³-hybridized carbons (Fsp3) is 0.286. The van der Waals surface area contributed by atoms with Crippen LogP contribution in [0.3, 0.4) is 0 Å². The van der Waals surface area contributed by atoms with Gasteiger partial charge in [0.1, 0.15) is 5.75 Å². The summed E-state index contributed by atoms with van der Waals surface area (Å²) in [5.74, 6) is -0.606. The molecule has 2 amide bonds. The molecular formula is C21H18N2O3. The number of rotatable bonds is 2. The molecule has 0 radical (unpaired) electrons. The molecule has 6 rings (SSSR count). The number of carbonyl (C=O) groups is 2. The van der Waals surface area contributed by atoms with E-state index in [9.17, 15) is 14.7 Å². The van der Waals surface area contributed by atoms with E-state index >= 15 is 0 Å². The van der Waals surface area contributed by atoms with Gasteiger partial charge in [0.15, 0.2) is 0 Å². The molecule has 1 heterocycles. The minimum absolute atomic E-state index is 0.0747. The second-order valence-electron chi connectivity index (χ2n) is 7.29. The lowest BCUT2D eigenvalue weighted by atomic mass is 9.63. The molecule has 0 spiro atoms. The summed E-state index contributed by atoms with van der Waals surface area (Å²) in [6, 6.07) is 11.0. The number of hydrogen-bond donors (Lipinski definition) is 1. The molecule has 2 aromatic carbocycles. The van der Waals surface area contributed by atoms with Crippen molar-refractivity contribution in [1.82, 2.24) is 5.01 Å². The summed E-state index contributed by atoms with van der Waals surface area (Å²) in [6.45, 7) is 0. The fourth-order valence-corrected chi connectivity index (χ4v) is 4.71. The van der Waals surface area contributed by atoms with Crippen molar-refractivity contribution >= 4 is 28.8 Å². The van der Waals surface area contributed by atoms with Gasteiger partial charge in [-0.3, -0.25) is 9.59 Å². The molecule has 1 saturated heterocycles. The number of carbonyl (C=O) groups excluding carboxylic acids is 2. The van der Waals surface area contributed by atoms with Gasteiger partial charge in [0, 0.05) is 5.56 Å². The number of hydrazone groups is 1. The molecule has 4 unspecified atom stereocenters. The van der Waals surface area contributed by atoms with Gasteiger partial charge < -0.3 is 5.11 Å². The van der Waals surface area contributed by atoms with Gasteiger partial charge in [-0.05, 0) is 41.5 Å². The van der Waals surface area contributed by atoms with Crippen LogP contribution < -0.4 is 0 Å². The summed E-state index contributed by atoms with van der Waals surface area (Å²) < 4.78 is 0.